The van der Waals surface area contributed by atoms with Crippen molar-refractivity contribution in [2.45, 2.75) is 37.1 Å². The lowest BCUT2D eigenvalue weighted by Gasteiger charge is -2.40. The first-order chi connectivity index (χ1) is 19.2. The fourth-order valence-electron chi connectivity index (χ4n) is 5.17. The van der Waals surface area contributed by atoms with Gasteiger partial charge in [-0.25, -0.2) is 4.79 Å². The summed E-state index contributed by atoms with van der Waals surface area (Å²) in [5.74, 6) is -2.07. The average molecular weight is 567 g/mol. The van der Waals surface area contributed by atoms with E-state index in [0.717, 1.165) is 11.6 Å². The number of aliphatic hydroxyl groups excluding tert-OH is 4. The van der Waals surface area contributed by atoms with E-state index in [2.05, 4.69) is 0 Å². The number of phenolic OH excluding ortho intramolecular Hbond substituents is 1. The number of benzene rings is 1. The first kappa shape index (κ1) is 29.8. The molecule has 1 aromatic carbocycles. The highest BCUT2D eigenvalue weighted by Gasteiger charge is 2.47. The molecule has 2 heterocycles. The van der Waals surface area contributed by atoms with Gasteiger partial charge in [0.15, 0.2) is 11.5 Å². The summed E-state index contributed by atoms with van der Waals surface area (Å²) in [6, 6.07) is 2.91. The van der Waals surface area contributed by atoms with Crippen LogP contribution in [0.5, 0.6) is 17.2 Å². The lowest BCUT2D eigenvalue weighted by molar-refractivity contribution is -0.293. The van der Waals surface area contributed by atoms with Crippen LogP contribution in [0.1, 0.15) is 12.0 Å². The molecule has 0 unspecified atom stereocenters. The Morgan fingerprint density at radius 1 is 1.07 bits per heavy atom. The van der Waals surface area contributed by atoms with Crippen LogP contribution < -0.4 is 9.47 Å². The number of esters is 2. The molecule has 1 aliphatic carbocycles. The first-order valence-electron chi connectivity index (χ1n) is 12.8. The number of phenols is 1. The maximum atomic E-state index is 12.5. The quantitative estimate of drug-likeness (QED) is 0.139. The van der Waals surface area contributed by atoms with E-state index >= 15 is 0 Å². The molecule has 13 nitrogen and oxygen atoms in total. The van der Waals surface area contributed by atoms with Gasteiger partial charge in [0.1, 0.15) is 24.4 Å². The Labute approximate surface area is 230 Å². The molecular formula is C27H34O13. The molecule has 3 aliphatic rings. The van der Waals surface area contributed by atoms with Crippen LogP contribution in [0.2, 0.25) is 0 Å². The number of aliphatic hydroxyl groups is 4. The van der Waals surface area contributed by atoms with Crippen molar-refractivity contribution in [2.75, 3.05) is 40.6 Å². The molecule has 4 rings (SSSR count). The second kappa shape index (κ2) is 13.0. The van der Waals surface area contributed by atoms with Gasteiger partial charge in [-0.15, -0.1) is 0 Å². The van der Waals surface area contributed by atoms with Gasteiger partial charge in [-0.2, -0.15) is 0 Å². The van der Waals surface area contributed by atoms with Gasteiger partial charge in [0.05, 0.1) is 46.6 Å². The molecule has 2 fully saturated rings. The minimum absolute atomic E-state index is 0.0511. The Kier molecular flexibility index (Phi) is 9.66. The highest BCUT2D eigenvalue weighted by Crippen LogP contribution is 2.41. The molecule has 8 atom stereocenters. The summed E-state index contributed by atoms with van der Waals surface area (Å²) in [6.07, 6.45) is -2.92. The summed E-state index contributed by atoms with van der Waals surface area (Å²) < 4.78 is 31.8. The van der Waals surface area contributed by atoms with Crippen LogP contribution in [-0.2, 0) is 28.5 Å². The van der Waals surface area contributed by atoms with Crippen LogP contribution in [0.3, 0.4) is 0 Å². The van der Waals surface area contributed by atoms with E-state index in [0.29, 0.717) is 12.0 Å². The van der Waals surface area contributed by atoms with Gasteiger partial charge in [-0.1, -0.05) is 6.08 Å². The Bertz CT molecular complexity index is 1110. The number of ether oxygens (including phenoxy) is 6. The van der Waals surface area contributed by atoms with Crippen molar-refractivity contribution in [1.82, 2.24) is 0 Å². The number of hydrogen-bond donors (Lipinski definition) is 5. The second-order valence-electron chi connectivity index (χ2n) is 9.78. The van der Waals surface area contributed by atoms with Crippen LogP contribution in [0.4, 0.5) is 0 Å². The van der Waals surface area contributed by atoms with Crippen LogP contribution in [0, 0.1) is 17.8 Å². The third-order valence-electron chi connectivity index (χ3n) is 7.45. The van der Waals surface area contributed by atoms with E-state index in [9.17, 15) is 35.1 Å². The summed E-state index contributed by atoms with van der Waals surface area (Å²) in [4.78, 5) is 24.8. The third kappa shape index (κ3) is 6.24. The molecule has 2 aliphatic heterocycles. The van der Waals surface area contributed by atoms with Crippen molar-refractivity contribution in [3.8, 4) is 17.2 Å². The summed E-state index contributed by atoms with van der Waals surface area (Å²) >= 11 is 0. The van der Waals surface area contributed by atoms with Gasteiger partial charge >= 0.3 is 11.9 Å². The summed E-state index contributed by atoms with van der Waals surface area (Å²) in [6.45, 7) is -0.231. The fourth-order valence-corrected chi connectivity index (χ4v) is 5.17. The van der Waals surface area contributed by atoms with Crippen molar-refractivity contribution in [2.24, 2.45) is 17.8 Å². The Balaban J connectivity index is 1.34. The number of methoxy groups -OCH3 is 2. The minimum Gasteiger partial charge on any atom is -0.502 e. The van der Waals surface area contributed by atoms with Crippen LogP contribution in [0.25, 0.3) is 6.08 Å². The SMILES string of the molecule is COc1cc(/C=C/C(=O)O[C@@H]2O[C@H](COC[C@H]3C(=O)OC[C@@H]4C(CO)=CC[C@@H]43)[C@@H](O)[C@H](O)[C@H]2O)cc(OC)c1O. The molecule has 13 heteroatoms. The predicted molar refractivity (Wildman–Crippen MR) is 135 cm³/mol. The van der Waals surface area contributed by atoms with Crippen molar-refractivity contribution >= 4 is 18.0 Å². The number of allylic oxidation sites excluding steroid dienone is 1. The third-order valence-corrected chi connectivity index (χ3v) is 7.45. The highest BCUT2D eigenvalue weighted by molar-refractivity contribution is 5.87. The van der Waals surface area contributed by atoms with Gasteiger partial charge in [0.25, 0.3) is 0 Å². The van der Waals surface area contributed by atoms with Crippen molar-refractivity contribution < 1.29 is 63.5 Å². The Hall–Kier alpha value is -3.20. The zero-order chi connectivity index (χ0) is 29.0. The molecule has 1 aromatic rings. The first-order valence-corrected chi connectivity index (χ1v) is 12.8. The average Bonchev–Trinajstić information content (AvgIpc) is 3.38. The van der Waals surface area contributed by atoms with Crippen molar-refractivity contribution in [1.29, 1.82) is 0 Å². The van der Waals surface area contributed by atoms with Crippen LogP contribution >= 0.6 is 0 Å². The zero-order valence-corrected chi connectivity index (χ0v) is 22.0. The smallest absolute Gasteiger partial charge is 0.333 e. The molecule has 0 spiro atoms. The number of carbonyl (C=O) groups excluding carboxylic acids is 2. The zero-order valence-electron chi connectivity index (χ0n) is 22.0. The molecule has 0 amide bonds. The van der Waals surface area contributed by atoms with E-state index in [1.54, 1.807) is 0 Å². The van der Waals surface area contributed by atoms with Crippen LogP contribution in [-0.4, -0.2) is 109 Å². The van der Waals surface area contributed by atoms with Gasteiger partial charge < -0.3 is 54.0 Å². The van der Waals surface area contributed by atoms with Gasteiger partial charge in [0, 0.05) is 12.0 Å². The topological polar surface area (TPSA) is 191 Å². The number of cyclic esters (lactones) is 1. The van der Waals surface area contributed by atoms with E-state index in [1.165, 1.54) is 32.4 Å². The largest absolute Gasteiger partial charge is 0.502 e. The number of rotatable bonds is 10. The minimum atomic E-state index is -1.74. The van der Waals surface area contributed by atoms with Gasteiger partial charge in [0.2, 0.25) is 12.0 Å². The summed E-state index contributed by atoms with van der Waals surface area (Å²) in [5, 5.41) is 50.6. The number of fused-ring (bicyclic) bond motifs is 1. The molecule has 0 saturated carbocycles. The Morgan fingerprint density at radius 3 is 2.42 bits per heavy atom. The molecule has 2 saturated heterocycles. The normalized spacial score (nSPS) is 31.9. The maximum Gasteiger partial charge on any atom is 0.333 e. The van der Waals surface area contributed by atoms with Crippen molar-refractivity contribution in [3.05, 3.63) is 35.4 Å². The number of carbonyl (C=O) groups is 2. The number of aromatic hydroxyl groups is 1. The van der Waals surface area contributed by atoms with E-state index < -0.39 is 48.6 Å². The summed E-state index contributed by atoms with van der Waals surface area (Å²) in [5.41, 5.74) is 1.26. The van der Waals surface area contributed by atoms with Crippen molar-refractivity contribution in [3.63, 3.8) is 0 Å². The molecule has 220 valence electrons. The van der Waals surface area contributed by atoms with E-state index in [4.69, 9.17) is 28.4 Å². The van der Waals surface area contributed by atoms with Crippen LogP contribution in [0.15, 0.2) is 29.9 Å². The summed E-state index contributed by atoms with van der Waals surface area (Å²) in [7, 11) is 2.71. The molecular weight excluding hydrogens is 532 g/mol. The number of hydrogen-bond acceptors (Lipinski definition) is 13. The monoisotopic (exact) mass is 566 g/mol. The molecule has 5 N–H and O–H groups in total. The Morgan fingerprint density at radius 2 is 1.77 bits per heavy atom. The maximum absolute atomic E-state index is 12.5. The molecule has 0 aromatic heterocycles. The van der Waals surface area contributed by atoms with E-state index in [-0.39, 0.29) is 55.5 Å². The highest BCUT2D eigenvalue weighted by atomic mass is 16.7. The predicted octanol–water partition coefficient (Wildman–Crippen LogP) is -0.482. The molecule has 0 radical (unpaired) electrons. The standard InChI is InChI=1S/C27H34O13/c1-35-18-7-13(8-19(36-2)22(18)30)3-6-21(29)40-27-25(33)24(32)23(31)20(39-27)12-37-10-17-15-5-4-14(9-28)16(15)11-38-26(17)34/h3-4,6-8,15-17,20,23-25,27-28,30-33H,5,9-12H2,1-2H3/b6-3+/t15-,16+,17+,20+,23+,24-,25+,27-/m0/s1. The van der Waals surface area contributed by atoms with E-state index in [1.807, 2.05) is 6.08 Å². The lowest BCUT2D eigenvalue weighted by atomic mass is 9.80. The van der Waals surface area contributed by atoms with Gasteiger partial charge in [-0.3, -0.25) is 4.79 Å². The molecule has 40 heavy (non-hydrogen) atoms. The fraction of sp³-hybridized carbons (Fsp3) is 0.556. The van der Waals surface area contributed by atoms with Gasteiger partial charge in [-0.05, 0) is 41.7 Å². The second-order valence-corrected chi connectivity index (χ2v) is 9.78. The lowest BCUT2D eigenvalue weighted by Crippen LogP contribution is -2.59. The molecule has 0 bridgehead atoms.